The molecule has 4 nitrogen and oxygen atoms in total. The molecule has 0 radical (unpaired) electrons. The van der Waals surface area contributed by atoms with Gasteiger partial charge in [0.15, 0.2) is 5.65 Å². The van der Waals surface area contributed by atoms with Gasteiger partial charge in [-0.05, 0) is 11.1 Å². The smallest absolute Gasteiger partial charge is 0.155 e. The molecule has 0 amide bonds. The molecule has 0 saturated heterocycles. The van der Waals surface area contributed by atoms with E-state index in [2.05, 4.69) is 29.4 Å². The van der Waals surface area contributed by atoms with Gasteiger partial charge >= 0.3 is 0 Å². The van der Waals surface area contributed by atoms with Crippen LogP contribution >= 0.6 is 0 Å². The number of fused-ring (bicyclic) bond motifs is 1. The molecule has 0 saturated carbocycles. The first-order valence-electron chi connectivity index (χ1n) is 7.54. The summed E-state index contributed by atoms with van der Waals surface area (Å²) in [6, 6.07) is 20.4. The Morgan fingerprint density at radius 2 is 1.65 bits per heavy atom. The molecule has 0 aliphatic rings. The number of benzene rings is 2. The van der Waals surface area contributed by atoms with Gasteiger partial charge in [-0.2, -0.15) is 5.10 Å². The molecule has 4 aromatic rings. The van der Waals surface area contributed by atoms with Crippen molar-refractivity contribution in [1.29, 1.82) is 0 Å². The molecular weight excluding hydrogens is 284 g/mol. The third kappa shape index (κ3) is 2.49. The lowest BCUT2D eigenvalue weighted by Crippen LogP contribution is -1.98. The molecule has 0 unspecified atom stereocenters. The highest BCUT2D eigenvalue weighted by molar-refractivity contribution is 5.81. The second-order valence-corrected chi connectivity index (χ2v) is 5.40. The van der Waals surface area contributed by atoms with Crippen LogP contribution in [0.25, 0.3) is 28.0 Å². The van der Waals surface area contributed by atoms with Crippen molar-refractivity contribution in [3.8, 4) is 22.4 Å². The van der Waals surface area contributed by atoms with Crippen LogP contribution in [0.2, 0.25) is 0 Å². The Morgan fingerprint density at radius 3 is 2.39 bits per heavy atom. The zero-order chi connectivity index (χ0) is 15.6. The Morgan fingerprint density at radius 1 is 0.870 bits per heavy atom. The average Bonchev–Trinajstić information content (AvgIpc) is 3.09. The fourth-order valence-corrected chi connectivity index (χ4v) is 2.70. The van der Waals surface area contributed by atoms with Crippen LogP contribution < -0.4 is 5.73 Å². The van der Waals surface area contributed by atoms with Crippen molar-refractivity contribution in [3.05, 3.63) is 78.6 Å². The molecule has 0 spiro atoms. The Labute approximate surface area is 134 Å². The van der Waals surface area contributed by atoms with Crippen LogP contribution in [0.1, 0.15) is 5.56 Å². The standard InChI is InChI=1S/C19H16N4/c20-12-14-6-8-16(9-7-14)19-17(15-4-2-1-3-5-15)13-23-18(22-19)10-11-21-23/h1-11,13H,12,20H2. The quantitative estimate of drug-likeness (QED) is 0.630. The zero-order valence-corrected chi connectivity index (χ0v) is 12.6. The van der Waals surface area contributed by atoms with Crippen molar-refractivity contribution < 1.29 is 0 Å². The fraction of sp³-hybridized carbons (Fsp3) is 0.0526. The van der Waals surface area contributed by atoms with E-state index in [0.717, 1.165) is 33.6 Å². The lowest BCUT2D eigenvalue weighted by atomic mass is 10.00. The number of rotatable bonds is 3. The lowest BCUT2D eigenvalue weighted by molar-refractivity contribution is 0.943. The van der Waals surface area contributed by atoms with E-state index in [1.54, 1.807) is 10.7 Å². The fourth-order valence-electron chi connectivity index (χ4n) is 2.70. The van der Waals surface area contributed by atoms with E-state index < -0.39 is 0 Å². The van der Waals surface area contributed by atoms with Crippen molar-refractivity contribution in [3.63, 3.8) is 0 Å². The lowest BCUT2D eigenvalue weighted by Gasteiger charge is -2.10. The van der Waals surface area contributed by atoms with Crippen molar-refractivity contribution >= 4 is 5.65 Å². The average molecular weight is 300 g/mol. The normalized spacial score (nSPS) is 11.0. The number of hydrogen-bond acceptors (Lipinski definition) is 3. The molecule has 2 aromatic carbocycles. The molecule has 23 heavy (non-hydrogen) atoms. The third-order valence-electron chi connectivity index (χ3n) is 3.93. The van der Waals surface area contributed by atoms with Crippen LogP contribution in [0, 0.1) is 0 Å². The molecule has 2 N–H and O–H groups in total. The Kier molecular flexibility index (Phi) is 3.37. The highest BCUT2D eigenvalue weighted by Crippen LogP contribution is 2.30. The molecule has 0 atom stereocenters. The highest BCUT2D eigenvalue weighted by Gasteiger charge is 2.11. The first-order valence-corrected chi connectivity index (χ1v) is 7.54. The number of nitrogens with two attached hydrogens (primary N) is 1. The van der Waals surface area contributed by atoms with Crippen LogP contribution in [-0.2, 0) is 6.54 Å². The minimum absolute atomic E-state index is 0.543. The first kappa shape index (κ1) is 13.7. The van der Waals surface area contributed by atoms with Crippen LogP contribution in [-0.4, -0.2) is 14.6 Å². The van der Waals surface area contributed by atoms with Gasteiger partial charge in [0.05, 0.1) is 11.9 Å². The second-order valence-electron chi connectivity index (χ2n) is 5.40. The van der Waals surface area contributed by atoms with E-state index in [-0.39, 0.29) is 0 Å². The van der Waals surface area contributed by atoms with Gasteiger partial charge in [-0.25, -0.2) is 9.50 Å². The number of nitrogens with zero attached hydrogens (tertiary/aromatic N) is 3. The Bertz CT molecular complexity index is 940. The zero-order valence-electron chi connectivity index (χ0n) is 12.6. The van der Waals surface area contributed by atoms with Crippen LogP contribution in [0.15, 0.2) is 73.1 Å². The summed E-state index contributed by atoms with van der Waals surface area (Å²) in [5, 5.41) is 4.30. The van der Waals surface area contributed by atoms with Crippen molar-refractivity contribution in [2.75, 3.05) is 0 Å². The molecule has 2 aromatic heterocycles. The van der Waals surface area contributed by atoms with E-state index in [1.165, 1.54) is 0 Å². The van der Waals surface area contributed by atoms with Gasteiger partial charge < -0.3 is 5.73 Å². The molecule has 0 aliphatic carbocycles. The van der Waals surface area contributed by atoms with Crippen molar-refractivity contribution in [2.45, 2.75) is 6.54 Å². The molecule has 4 rings (SSSR count). The Balaban J connectivity index is 1.95. The third-order valence-corrected chi connectivity index (χ3v) is 3.93. The van der Waals surface area contributed by atoms with Gasteiger partial charge in [0, 0.05) is 29.9 Å². The van der Waals surface area contributed by atoms with E-state index in [4.69, 9.17) is 10.7 Å². The summed E-state index contributed by atoms with van der Waals surface area (Å²) in [5.74, 6) is 0. The topological polar surface area (TPSA) is 56.2 Å². The molecular formula is C19H16N4. The summed E-state index contributed by atoms with van der Waals surface area (Å²) in [4.78, 5) is 4.81. The van der Waals surface area contributed by atoms with Gasteiger partial charge in [-0.1, -0.05) is 54.6 Å². The van der Waals surface area contributed by atoms with Gasteiger partial charge in [0.2, 0.25) is 0 Å². The largest absolute Gasteiger partial charge is 0.326 e. The van der Waals surface area contributed by atoms with Gasteiger partial charge in [-0.15, -0.1) is 0 Å². The van der Waals surface area contributed by atoms with E-state index in [9.17, 15) is 0 Å². The van der Waals surface area contributed by atoms with Crippen molar-refractivity contribution in [2.24, 2.45) is 5.73 Å². The number of aromatic nitrogens is 3. The summed E-state index contributed by atoms with van der Waals surface area (Å²) in [6.45, 7) is 0.543. The molecule has 0 fully saturated rings. The summed E-state index contributed by atoms with van der Waals surface area (Å²) < 4.78 is 1.81. The SMILES string of the molecule is NCc1ccc(-c2nc3ccnn3cc2-c2ccccc2)cc1. The maximum atomic E-state index is 5.69. The molecule has 2 heterocycles. The monoisotopic (exact) mass is 300 g/mol. The predicted molar refractivity (Wildman–Crippen MR) is 91.8 cm³/mol. The van der Waals surface area contributed by atoms with Crippen LogP contribution in [0.3, 0.4) is 0 Å². The van der Waals surface area contributed by atoms with E-state index in [0.29, 0.717) is 6.54 Å². The summed E-state index contributed by atoms with van der Waals surface area (Å²) in [7, 11) is 0. The maximum Gasteiger partial charge on any atom is 0.155 e. The van der Waals surface area contributed by atoms with Crippen LogP contribution in [0.4, 0.5) is 0 Å². The minimum atomic E-state index is 0.543. The molecule has 112 valence electrons. The van der Waals surface area contributed by atoms with Gasteiger partial charge in [-0.3, -0.25) is 0 Å². The summed E-state index contributed by atoms with van der Waals surface area (Å²) in [5.41, 5.74) is 11.8. The second kappa shape index (κ2) is 5.66. The van der Waals surface area contributed by atoms with Crippen LogP contribution in [0.5, 0.6) is 0 Å². The summed E-state index contributed by atoms with van der Waals surface area (Å²) >= 11 is 0. The van der Waals surface area contributed by atoms with E-state index >= 15 is 0 Å². The molecule has 0 bridgehead atoms. The first-order chi connectivity index (χ1) is 11.3. The molecule has 0 aliphatic heterocycles. The number of hydrogen-bond donors (Lipinski definition) is 1. The van der Waals surface area contributed by atoms with E-state index in [1.807, 2.05) is 42.6 Å². The maximum absolute atomic E-state index is 5.69. The molecule has 4 heteroatoms. The van der Waals surface area contributed by atoms with Crippen molar-refractivity contribution in [1.82, 2.24) is 14.6 Å². The van der Waals surface area contributed by atoms with Gasteiger partial charge in [0.1, 0.15) is 0 Å². The van der Waals surface area contributed by atoms with Gasteiger partial charge in [0.25, 0.3) is 0 Å². The highest BCUT2D eigenvalue weighted by atomic mass is 15.2. The summed E-state index contributed by atoms with van der Waals surface area (Å²) in [6.07, 6.45) is 3.79. The predicted octanol–water partition coefficient (Wildman–Crippen LogP) is 3.52. The minimum Gasteiger partial charge on any atom is -0.326 e. The Hall–Kier alpha value is -2.98.